The van der Waals surface area contributed by atoms with Crippen molar-refractivity contribution in [1.82, 2.24) is 28.6 Å². The number of halogens is 2. The second-order valence-corrected chi connectivity index (χ2v) is 15.4. The summed E-state index contributed by atoms with van der Waals surface area (Å²) in [7, 11) is -4.08. The molecule has 3 aliphatic rings. The van der Waals surface area contributed by atoms with Crippen molar-refractivity contribution >= 4 is 44.0 Å². The van der Waals surface area contributed by atoms with Gasteiger partial charge < -0.3 is 4.90 Å². The zero-order valence-electron chi connectivity index (χ0n) is 23.3. The number of allylic oxidation sites excluding steroid dienone is 3. The van der Waals surface area contributed by atoms with Gasteiger partial charge in [-0.3, -0.25) is 4.68 Å². The Morgan fingerprint density at radius 1 is 1.12 bits per heavy atom. The lowest BCUT2D eigenvalue weighted by Gasteiger charge is -2.35. The molecule has 0 radical (unpaired) electrons. The van der Waals surface area contributed by atoms with Crippen LogP contribution in [0.4, 0.5) is 4.39 Å². The van der Waals surface area contributed by atoms with Crippen LogP contribution < -0.4 is 0 Å². The van der Waals surface area contributed by atoms with Gasteiger partial charge in [0, 0.05) is 53.2 Å². The molecule has 5 heterocycles. The highest BCUT2D eigenvalue weighted by atomic mass is 35.5. The van der Waals surface area contributed by atoms with Crippen LogP contribution in [0.5, 0.6) is 0 Å². The molecule has 12 heteroatoms. The summed E-state index contributed by atoms with van der Waals surface area (Å²) < 4.78 is 45.9. The van der Waals surface area contributed by atoms with E-state index in [0.717, 1.165) is 48.6 Å². The lowest BCUT2D eigenvalue weighted by molar-refractivity contribution is 0.0606. The molecule has 1 saturated heterocycles. The Hall–Kier alpha value is -2.86. The Kier molecular flexibility index (Phi) is 6.92. The smallest absolute Gasteiger partial charge is 0.250 e. The van der Waals surface area contributed by atoms with Crippen LogP contribution in [0.3, 0.4) is 0 Å². The van der Waals surface area contributed by atoms with Crippen molar-refractivity contribution in [2.45, 2.75) is 61.9 Å². The summed E-state index contributed by atoms with van der Waals surface area (Å²) in [5, 5.41) is 6.06. The van der Waals surface area contributed by atoms with Gasteiger partial charge in [0.1, 0.15) is 9.75 Å². The molecule has 1 saturated carbocycles. The van der Waals surface area contributed by atoms with Crippen molar-refractivity contribution in [3.05, 3.63) is 76.9 Å². The monoisotopic (exact) mass is 626 g/mol. The first-order valence-corrected chi connectivity index (χ1v) is 17.0. The molecule has 2 aliphatic carbocycles. The van der Waals surface area contributed by atoms with Gasteiger partial charge in [0.25, 0.3) is 0 Å². The van der Waals surface area contributed by atoms with Gasteiger partial charge in [-0.05, 0) is 82.0 Å². The van der Waals surface area contributed by atoms with Crippen molar-refractivity contribution in [3.8, 4) is 10.4 Å². The Morgan fingerprint density at radius 2 is 1.93 bits per heavy atom. The molecule has 4 aromatic heterocycles. The maximum Gasteiger partial charge on any atom is 0.250 e. The van der Waals surface area contributed by atoms with Crippen LogP contribution in [0, 0.1) is 0 Å². The Balaban J connectivity index is 1.23. The Bertz CT molecular complexity index is 1820. The van der Waals surface area contributed by atoms with Crippen LogP contribution in [0.15, 0.2) is 66.4 Å². The summed E-state index contributed by atoms with van der Waals surface area (Å²) in [6.45, 7) is 5.58. The van der Waals surface area contributed by atoms with Crippen LogP contribution >= 0.6 is 22.9 Å². The van der Waals surface area contributed by atoms with E-state index in [1.807, 2.05) is 23.0 Å². The standard InChI is InChI=1S/C30H32ClFN6O2S2/c1-29(17-22(31)5-6-25(29)21-18-35-37(20-21)16-15-36-12-2-3-13-36)42(39,40)38-14-8-24-23(7-11-33-27(24)38)26-19-34-28(41-26)30(32)9-4-10-30/h5-8,11,14,17-20,25H,2-4,9-10,12-13,15-16H2,1H3. The number of likely N-dealkylation sites (tertiary alicyclic amines) is 1. The third-order valence-electron chi connectivity index (χ3n) is 9.02. The van der Waals surface area contributed by atoms with E-state index in [1.165, 1.54) is 28.2 Å². The lowest BCUT2D eigenvalue weighted by Crippen LogP contribution is -2.43. The molecule has 220 valence electrons. The molecule has 0 aromatic carbocycles. The summed E-state index contributed by atoms with van der Waals surface area (Å²) >= 11 is 7.77. The van der Waals surface area contributed by atoms with E-state index >= 15 is 4.39 Å². The Labute approximate surface area is 253 Å². The predicted molar refractivity (Wildman–Crippen MR) is 164 cm³/mol. The highest BCUT2D eigenvalue weighted by molar-refractivity contribution is 7.91. The Morgan fingerprint density at radius 3 is 2.69 bits per heavy atom. The SMILES string of the molecule is CC1(S(=O)(=O)n2ccc3c(-c4cnc(C5(F)CCC5)s4)ccnc32)C=C(Cl)C=CC1c1cnn(CCN2CCCC2)c1. The summed E-state index contributed by atoms with van der Waals surface area (Å²) in [6.07, 6.45) is 18.0. The molecule has 8 nitrogen and oxygen atoms in total. The summed E-state index contributed by atoms with van der Waals surface area (Å²) in [6, 6.07) is 3.57. The minimum absolute atomic E-state index is 0.307. The van der Waals surface area contributed by atoms with Gasteiger partial charge in [-0.2, -0.15) is 5.10 Å². The highest BCUT2D eigenvalue weighted by Crippen LogP contribution is 2.48. The van der Waals surface area contributed by atoms with E-state index in [4.69, 9.17) is 11.6 Å². The quantitative estimate of drug-likeness (QED) is 0.231. The second-order valence-electron chi connectivity index (χ2n) is 11.7. The number of pyridine rings is 1. The fourth-order valence-corrected chi connectivity index (χ4v) is 9.61. The first-order chi connectivity index (χ1) is 20.2. The number of alkyl halides is 1. The fraction of sp³-hybridized carbons (Fsp3) is 0.433. The van der Waals surface area contributed by atoms with Gasteiger partial charge in [0.2, 0.25) is 10.0 Å². The predicted octanol–water partition coefficient (Wildman–Crippen LogP) is 6.21. The van der Waals surface area contributed by atoms with Crippen molar-refractivity contribution in [2.24, 2.45) is 0 Å². The maximum absolute atomic E-state index is 15.0. The van der Waals surface area contributed by atoms with Crippen LogP contribution in [-0.2, 0) is 22.2 Å². The molecule has 2 fully saturated rings. The number of rotatable bonds is 8. The minimum atomic E-state index is -4.08. The van der Waals surface area contributed by atoms with Crippen LogP contribution in [0.25, 0.3) is 21.5 Å². The second kappa shape index (κ2) is 10.4. The molecule has 7 rings (SSSR count). The molecule has 2 atom stereocenters. The summed E-state index contributed by atoms with van der Waals surface area (Å²) in [5.41, 5.74) is 0.536. The van der Waals surface area contributed by atoms with Gasteiger partial charge in [-0.25, -0.2) is 26.7 Å². The molecule has 1 aliphatic heterocycles. The molecule has 0 amide bonds. The molecular weight excluding hydrogens is 595 g/mol. The van der Waals surface area contributed by atoms with Gasteiger partial charge in [-0.1, -0.05) is 17.7 Å². The number of hydrogen-bond donors (Lipinski definition) is 0. The highest BCUT2D eigenvalue weighted by Gasteiger charge is 2.48. The average molecular weight is 627 g/mol. The zero-order valence-corrected chi connectivity index (χ0v) is 25.7. The topological polar surface area (TPSA) is 85.9 Å². The van der Waals surface area contributed by atoms with Crippen molar-refractivity contribution < 1.29 is 12.8 Å². The van der Waals surface area contributed by atoms with E-state index in [2.05, 4.69) is 20.0 Å². The van der Waals surface area contributed by atoms with Crippen molar-refractivity contribution in [2.75, 3.05) is 19.6 Å². The van der Waals surface area contributed by atoms with Crippen molar-refractivity contribution in [1.29, 1.82) is 0 Å². The summed E-state index contributed by atoms with van der Waals surface area (Å²) in [4.78, 5) is 12.1. The normalized spacial score (nSPS) is 24.3. The van der Waals surface area contributed by atoms with Crippen LogP contribution in [-0.4, -0.2) is 61.4 Å². The van der Waals surface area contributed by atoms with E-state index in [0.29, 0.717) is 33.9 Å². The number of nitrogens with zero attached hydrogens (tertiary/aromatic N) is 6. The largest absolute Gasteiger partial charge is 0.301 e. The first kappa shape index (κ1) is 27.9. The average Bonchev–Trinajstić information content (AvgIpc) is 3.77. The van der Waals surface area contributed by atoms with Crippen molar-refractivity contribution in [3.63, 3.8) is 0 Å². The molecular formula is C30H32ClFN6O2S2. The van der Waals surface area contributed by atoms with Crippen LogP contribution in [0.2, 0.25) is 0 Å². The zero-order chi connectivity index (χ0) is 29.1. The minimum Gasteiger partial charge on any atom is -0.301 e. The van der Waals surface area contributed by atoms with Gasteiger partial charge in [0.05, 0.1) is 17.6 Å². The van der Waals surface area contributed by atoms with Crippen LogP contribution in [0.1, 0.15) is 55.5 Å². The maximum atomic E-state index is 15.0. The number of aromatic nitrogens is 5. The van der Waals surface area contributed by atoms with Gasteiger partial charge >= 0.3 is 0 Å². The van der Waals surface area contributed by atoms with Gasteiger partial charge in [0.15, 0.2) is 11.3 Å². The molecule has 0 spiro atoms. The third kappa shape index (κ3) is 4.56. The molecule has 0 bridgehead atoms. The summed E-state index contributed by atoms with van der Waals surface area (Å²) in [5.74, 6) is -0.515. The number of fused-ring (bicyclic) bond motifs is 1. The molecule has 0 N–H and O–H groups in total. The molecule has 42 heavy (non-hydrogen) atoms. The van der Waals surface area contributed by atoms with E-state index < -0.39 is 26.4 Å². The molecule has 2 unspecified atom stereocenters. The first-order valence-electron chi connectivity index (χ1n) is 14.4. The number of thiazole rings is 1. The fourth-order valence-electron chi connectivity index (χ4n) is 6.32. The van der Waals surface area contributed by atoms with Gasteiger partial charge in [-0.15, -0.1) is 11.3 Å². The van der Waals surface area contributed by atoms with E-state index in [1.54, 1.807) is 49.9 Å². The number of hydrogen-bond acceptors (Lipinski definition) is 7. The lowest BCUT2D eigenvalue weighted by atomic mass is 9.83. The van der Waals surface area contributed by atoms with E-state index in [9.17, 15) is 8.42 Å². The molecule has 4 aromatic rings. The van der Waals surface area contributed by atoms with E-state index in [-0.39, 0.29) is 0 Å². The third-order valence-corrected chi connectivity index (χ3v) is 12.8.